The van der Waals surface area contributed by atoms with Crippen LogP contribution in [0, 0.1) is 13.8 Å². The molecule has 0 aliphatic rings. The minimum Gasteiger partial charge on any atom is -0.305 e. The lowest BCUT2D eigenvalue weighted by atomic mass is 9.94. The van der Waals surface area contributed by atoms with Gasteiger partial charge < -0.3 is 5.32 Å². The Kier molecular flexibility index (Phi) is 5.35. The van der Waals surface area contributed by atoms with Gasteiger partial charge in [0, 0.05) is 0 Å². The highest BCUT2D eigenvalue weighted by Gasteiger charge is 2.49. The highest BCUT2D eigenvalue weighted by molar-refractivity contribution is 5.34. The number of benzene rings is 1. The van der Waals surface area contributed by atoms with Gasteiger partial charge in [-0.3, -0.25) is 0 Å². The van der Waals surface area contributed by atoms with Crippen molar-refractivity contribution in [2.75, 3.05) is 6.54 Å². The van der Waals surface area contributed by atoms with Gasteiger partial charge >= 0.3 is 12.3 Å². The van der Waals surface area contributed by atoms with Crippen molar-refractivity contribution in [3.63, 3.8) is 0 Å². The predicted molar refractivity (Wildman–Crippen MR) is 67.9 cm³/mol. The van der Waals surface area contributed by atoms with Gasteiger partial charge in [0.2, 0.25) is 0 Å². The lowest BCUT2D eigenvalue weighted by molar-refractivity contribution is -0.151. The fourth-order valence-electron chi connectivity index (χ4n) is 2.02. The molecule has 0 aromatic heterocycles. The zero-order chi connectivity index (χ0) is 14.6. The molecule has 1 aromatic carbocycles. The van der Waals surface area contributed by atoms with Crippen molar-refractivity contribution in [1.82, 2.24) is 5.32 Å². The second-order valence-electron chi connectivity index (χ2n) is 4.72. The maximum Gasteiger partial charge on any atom is 0.326 e. The van der Waals surface area contributed by atoms with Crippen LogP contribution in [0.5, 0.6) is 0 Å². The Hall–Kier alpha value is -1.10. The maximum absolute atomic E-state index is 13.7. The summed E-state index contributed by atoms with van der Waals surface area (Å²) in [6.45, 7) is 5.55. The third kappa shape index (κ3) is 3.69. The minimum atomic E-state index is -4.09. The van der Waals surface area contributed by atoms with Crippen molar-refractivity contribution in [2.24, 2.45) is 0 Å². The van der Waals surface area contributed by atoms with Crippen LogP contribution in [0.2, 0.25) is 0 Å². The molecule has 1 unspecified atom stereocenters. The molecule has 0 radical (unpaired) electrons. The fourth-order valence-corrected chi connectivity index (χ4v) is 2.02. The molecule has 0 saturated heterocycles. The molecule has 0 amide bonds. The van der Waals surface area contributed by atoms with Crippen molar-refractivity contribution in [2.45, 2.75) is 45.6 Å². The van der Waals surface area contributed by atoms with E-state index in [9.17, 15) is 17.6 Å². The van der Waals surface area contributed by atoms with Crippen molar-refractivity contribution in [1.29, 1.82) is 0 Å². The van der Waals surface area contributed by atoms with E-state index in [2.05, 4.69) is 5.32 Å². The summed E-state index contributed by atoms with van der Waals surface area (Å²) < 4.78 is 52.6. The van der Waals surface area contributed by atoms with E-state index >= 15 is 0 Å². The maximum atomic E-state index is 13.7. The molecule has 19 heavy (non-hydrogen) atoms. The van der Waals surface area contributed by atoms with Gasteiger partial charge in [-0.25, -0.2) is 8.78 Å². The van der Waals surface area contributed by atoms with Crippen molar-refractivity contribution in [3.8, 4) is 0 Å². The molecule has 1 nitrogen and oxygen atoms in total. The van der Waals surface area contributed by atoms with Crippen molar-refractivity contribution < 1.29 is 17.6 Å². The Morgan fingerprint density at radius 2 is 1.84 bits per heavy atom. The summed E-state index contributed by atoms with van der Waals surface area (Å²) in [6, 6.07) is 3.21. The van der Waals surface area contributed by atoms with Crippen LogP contribution in [0.4, 0.5) is 17.6 Å². The molecular weight excluding hydrogens is 258 g/mol. The van der Waals surface area contributed by atoms with E-state index in [-0.39, 0.29) is 12.1 Å². The Labute approximate surface area is 111 Å². The normalized spacial score (nSPS) is 13.9. The van der Waals surface area contributed by atoms with Crippen LogP contribution in [0.15, 0.2) is 18.2 Å². The highest BCUT2D eigenvalue weighted by atomic mass is 19.3. The molecule has 0 aliphatic carbocycles. The molecule has 1 aromatic rings. The lowest BCUT2D eigenvalue weighted by Crippen LogP contribution is -2.43. The SMILES string of the molecule is CCCNC(c1ccc(C)cc1C)C(F)(F)C(F)F. The zero-order valence-corrected chi connectivity index (χ0v) is 11.3. The number of hydrogen-bond donors (Lipinski definition) is 1. The standard InChI is InChI=1S/C14H19F4N/c1-4-7-19-12(14(17,18)13(15)16)11-6-5-9(2)8-10(11)3/h5-6,8,12-13,19H,4,7H2,1-3H3. The summed E-state index contributed by atoms with van der Waals surface area (Å²) in [5.41, 5.74) is 1.73. The average Bonchev–Trinajstić information content (AvgIpc) is 2.31. The molecule has 0 fully saturated rings. The first kappa shape index (κ1) is 16.0. The van der Waals surface area contributed by atoms with Crippen LogP contribution in [0.25, 0.3) is 0 Å². The van der Waals surface area contributed by atoms with Gasteiger partial charge in [0.05, 0.1) is 0 Å². The van der Waals surface area contributed by atoms with E-state index in [4.69, 9.17) is 0 Å². The summed E-state index contributed by atoms with van der Waals surface area (Å²) in [5, 5.41) is 2.54. The van der Waals surface area contributed by atoms with Gasteiger partial charge in [-0.15, -0.1) is 0 Å². The second-order valence-corrected chi connectivity index (χ2v) is 4.72. The van der Waals surface area contributed by atoms with Crippen LogP contribution in [0.3, 0.4) is 0 Å². The van der Waals surface area contributed by atoms with Crippen LogP contribution in [0.1, 0.15) is 36.1 Å². The van der Waals surface area contributed by atoms with Gasteiger partial charge in [-0.1, -0.05) is 30.7 Å². The van der Waals surface area contributed by atoms with E-state index in [0.717, 1.165) is 5.56 Å². The average molecular weight is 277 g/mol. The molecule has 5 heteroatoms. The molecule has 0 bridgehead atoms. The summed E-state index contributed by atoms with van der Waals surface area (Å²) in [7, 11) is 0. The van der Waals surface area contributed by atoms with E-state index in [1.165, 1.54) is 6.07 Å². The summed E-state index contributed by atoms with van der Waals surface area (Å²) in [6.07, 6.45) is -3.09. The largest absolute Gasteiger partial charge is 0.326 e. The molecule has 0 aliphatic heterocycles. The number of aryl methyl sites for hydroxylation is 2. The number of halogens is 4. The first-order valence-corrected chi connectivity index (χ1v) is 6.27. The number of hydrogen-bond acceptors (Lipinski definition) is 1. The van der Waals surface area contributed by atoms with Gasteiger partial charge in [-0.05, 0) is 37.9 Å². The van der Waals surface area contributed by atoms with Gasteiger partial charge in [0.15, 0.2) is 0 Å². The Morgan fingerprint density at radius 1 is 1.21 bits per heavy atom. The smallest absolute Gasteiger partial charge is 0.305 e. The first-order valence-electron chi connectivity index (χ1n) is 6.27. The number of alkyl halides is 4. The molecule has 0 heterocycles. The van der Waals surface area contributed by atoms with Crippen molar-refractivity contribution in [3.05, 3.63) is 34.9 Å². The molecule has 108 valence electrons. The Morgan fingerprint density at radius 3 is 2.32 bits per heavy atom. The lowest BCUT2D eigenvalue weighted by Gasteiger charge is -2.29. The molecule has 0 saturated carbocycles. The van der Waals surface area contributed by atoms with Gasteiger partial charge in [0.1, 0.15) is 6.04 Å². The molecular formula is C14H19F4N. The van der Waals surface area contributed by atoms with Crippen LogP contribution >= 0.6 is 0 Å². The van der Waals surface area contributed by atoms with E-state index in [1.807, 2.05) is 6.92 Å². The third-order valence-electron chi connectivity index (χ3n) is 3.01. The van der Waals surface area contributed by atoms with Crippen LogP contribution in [-0.4, -0.2) is 18.9 Å². The predicted octanol–water partition coefficient (Wildman–Crippen LogP) is 4.24. The van der Waals surface area contributed by atoms with E-state index in [0.29, 0.717) is 12.0 Å². The molecule has 0 spiro atoms. The Bertz CT molecular complexity index is 418. The molecule has 1 atom stereocenters. The van der Waals surface area contributed by atoms with Crippen molar-refractivity contribution >= 4 is 0 Å². The van der Waals surface area contributed by atoms with Gasteiger partial charge in [0.25, 0.3) is 0 Å². The summed E-state index contributed by atoms with van der Waals surface area (Å²) >= 11 is 0. The fraction of sp³-hybridized carbons (Fsp3) is 0.571. The molecule has 1 rings (SSSR count). The molecule has 1 N–H and O–H groups in total. The number of rotatable bonds is 6. The van der Waals surface area contributed by atoms with E-state index in [1.54, 1.807) is 26.0 Å². The summed E-state index contributed by atoms with van der Waals surface area (Å²) in [5.74, 6) is -4.09. The van der Waals surface area contributed by atoms with Crippen LogP contribution < -0.4 is 5.32 Å². The van der Waals surface area contributed by atoms with E-state index < -0.39 is 18.4 Å². The second kappa shape index (κ2) is 6.37. The van der Waals surface area contributed by atoms with Crippen LogP contribution in [-0.2, 0) is 0 Å². The topological polar surface area (TPSA) is 12.0 Å². The quantitative estimate of drug-likeness (QED) is 0.767. The highest BCUT2D eigenvalue weighted by Crippen LogP contribution is 2.37. The number of nitrogens with one attached hydrogen (secondary N) is 1. The Balaban J connectivity index is 3.16. The third-order valence-corrected chi connectivity index (χ3v) is 3.01. The summed E-state index contributed by atoms with van der Waals surface area (Å²) in [4.78, 5) is 0. The first-order chi connectivity index (χ1) is 8.80. The monoisotopic (exact) mass is 277 g/mol. The van der Waals surface area contributed by atoms with Gasteiger partial charge in [-0.2, -0.15) is 8.78 Å². The zero-order valence-electron chi connectivity index (χ0n) is 11.3. The minimum absolute atomic E-state index is 0.226.